The lowest BCUT2D eigenvalue weighted by Gasteiger charge is -2.29. The van der Waals surface area contributed by atoms with Crippen molar-refractivity contribution >= 4 is 33.3 Å². The smallest absolute Gasteiger partial charge is 0.325 e. The fourth-order valence-corrected chi connectivity index (χ4v) is 3.51. The first-order valence-corrected chi connectivity index (χ1v) is 9.06. The third-order valence-electron chi connectivity index (χ3n) is 4.33. The Morgan fingerprint density at radius 1 is 1.21 bits per heavy atom. The molecule has 6 nitrogen and oxygen atoms in total. The van der Waals surface area contributed by atoms with E-state index in [1.54, 1.807) is 0 Å². The quantitative estimate of drug-likeness (QED) is 0.881. The maximum Gasteiger partial charge on any atom is 0.325 e. The Morgan fingerprint density at radius 3 is 2.71 bits per heavy atom. The Bertz CT molecular complexity index is 722. The average Bonchev–Trinajstić information content (AvgIpc) is 3.00. The number of nitrogens with one attached hydrogen (secondary N) is 2. The molecule has 0 bridgehead atoms. The molecule has 0 spiro atoms. The van der Waals surface area contributed by atoms with Gasteiger partial charge in [-0.1, -0.05) is 30.4 Å². The van der Waals surface area contributed by atoms with E-state index < -0.39 is 0 Å². The molecule has 2 heterocycles. The lowest BCUT2D eigenvalue weighted by Crippen LogP contribution is -2.32. The fraction of sp³-hybridized carbons (Fsp3) is 0.471. The van der Waals surface area contributed by atoms with Crippen LogP contribution in [0.15, 0.2) is 18.2 Å². The highest BCUT2D eigenvalue weighted by molar-refractivity contribution is 7.19. The van der Waals surface area contributed by atoms with Gasteiger partial charge in [0.1, 0.15) is 0 Å². The zero-order valence-electron chi connectivity index (χ0n) is 14.3. The number of hydrogen-bond acceptors (Lipinski definition) is 5. The van der Waals surface area contributed by atoms with Crippen molar-refractivity contribution in [2.24, 2.45) is 5.92 Å². The second-order valence-corrected chi connectivity index (χ2v) is 7.41. The monoisotopic (exact) mass is 345 g/mol. The van der Waals surface area contributed by atoms with Crippen LogP contribution in [0.3, 0.4) is 0 Å². The lowest BCUT2D eigenvalue weighted by molar-refractivity contribution is 0.262. The molecule has 2 N–H and O–H groups in total. The summed E-state index contributed by atoms with van der Waals surface area (Å²) in [5, 5.41) is 15.3. The standard InChI is InChI=1S/C17H23N5OS/c1-11-6-8-22(9-7-11)17-21-20-16(24-17)19-15(23)18-14-10-12(2)4-5-13(14)3/h4-5,10-11H,6-9H2,1-3H3,(H2,18,19,20,23). The van der Waals surface area contributed by atoms with E-state index in [2.05, 4.69) is 32.7 Å². The predicted octanol–water partition coefficient (Wildman–Crippen LogP) is 4.04. The summed E-state index contributed by atoms with van der Waals surface area (Å²) in [5.74, 6) is 0.773. The van der Waals surface area contributed by atoms with E-state index in [-0.39, 0.29) is 6.03 Å². The largest absolute Gasteiger partial charge is 0.347 e. The molecule has 1 fully saturated rings. The number of piperidine rings is 1. The van der Waals surface area contributed by atoms with Gasteiger partial charge in [-0.15, -0.1) is 10.2 Å². The van der Waals surface area contributed by atoms with Gasteiger partial charge < -0.3 is 10.2 Å². The van der Waals surface area contributed by atoms with Gasteiger partial charge in [-0.2, -0.15) is 0 Å². The van der Waals surface area contributed by atoms with Crippen LogP contribution in [0.4, 0.5) is 20.7 Å². The molecule has 2 aromatic rings. The van der Waals surface area contributed by atoms with Crippen LogP contribution in [-0.4, -0.2) is 29.3 Å². The van der Waals surface area contributed by atoms with Crippen molar-refractivity contribution in [3.8, 4) is 0 Å². The van der Waals surface area contributed by atoms with Crippen LogP contribution >= 0.6 is 11.3 Å². The first-order valence-electron chi connectivity index (χ1n) is 8.25. The average molecular weight is 345 g/mol. The SMILES string of the molecule is Cc1ccc(C)c(NC(=O)Nc2nnc(N3CCC(C)CC3)s2)c1. The number of anilines is 3. The van der Waals surface area contributed by atoms with Crippen molar-refractivity contribution in [3.05, 3.63) is 29.3 Å². The summed E-state index contributed by atoms with van der Waals surface area (Å²) in [6.07, 6.45) is 2.35. The van der Waals surface area contributed by atoms with E-state index in [1.165, 1.54) is 24.2 Å². The minimum absolute atomic E-state index is 0.293. The second-order valence-electron chi connectivity index (χ2n) is 6.46. The normalized spacial score (nSPS) is 15.4. The van der Waals surface area contributed by atoms with E-state index in [0.717, 1.165) is 41.0 Å². The van der Waals surface area contributed by atoms with Gasteiger partial charge in [-0.3, -0.25) is 5.32 Å². The highest BCUT2D eigenvalue weighted by atomic mass is 32.1. The summed E-state index contributed by atoms with van der Waals surface area (Å²) >= 11 is 1.42. The Kier molecular flexibility index (Phi) is 4.99. The van der Waals surface area contributed by atoms with Crippen molar-refractivity contribution in [3.63, 3.8) is 0 Å². The number of carbonyl (C=O) groups is 1. The van der Waals surface area contributed by atoms with Gasteiger partial charge in [0.2, 0.25) is 10.3 Å². The van der Waals surface area contributed by atoms with Crippen LogP contribution in [0.1, 0.15) is 30.9 Å². The van der Waals surface area contributed by atoms with Crippen molar-refractivity contribution < 1.29 is 4.79 Å². The van der Waals surface area contributed by atoms with Gasteiger partial charge in [-0.25, -0.2) is 4.79 Å². The Balaban J connectivity index is 1.60. The van der Waals surface area contributed by atoms with E-state index >= 15 is 0 Å². The summed E-state index contributed by atoms with van der Waals surface area (Å²) in [5.41, 5.74) is 2.94. The van der Waals surface area contributed by atoms with Gasteiger partial charge in [0, 0.05) is 18.8 Å². The molecular formula is C17H23N5OS. The van der Waals surface area contributed by atoms with E-state index in [9.17, 15) is 4.79 Å². The van der Waals surface area contributed by atoms with Gasteiger partial charge in [0.05, 0.1) is 0 Å². The molecule has 7 heteroatoms. The van der Waals surface area contributed by atoms with Crippen molar-refractivity contribution in [2.45, 2.75) is 33.6 Å². The van der Waals surface area contributed by atoms with Crippen molar-refractivity contribution in [1.82, 2.24) is 10.2 Å². The van der Waals surface area contributed by atoms with Crippen LogP contribution in [0.5, 0.6) is 0 Å². The lowest BCUT2D eigenvalue weighted by atomic mass is 10.00. The highest BCUT2D eigenvalue weighted by Gasteiger charge is 2.19. The third-order valence-corrected chi connectivity index (χ3v) is 5.23. The van der Waals surface area contributed by atoms with Crippen LogP contribution in [0.2, 0.25) is 0 Å². The summed E-state index contributed by atoms with van der Waals surface area (Å²) in [7, 11) is 0. The number of hydrogen-bond donors (Lipinski definition) is 2. The minimum atomic E-state index is -0.293. The highest BCUT2D eigenvalue weighted by Crippen LogP contribution is 2.28. The number of aromatic nitrogens is 2. The number of rotatable bonds is 3. The number of carbonyl (C=O) groups excluding carboxylic acids is 1. The first kappa shape index (κ1) is 16.7. The topological polar surface area (TPSA) is 70.1 Å². The molecule has 1 aliphatic rings. The molecule has 2 amide bonds. The van der Waals surface area contributed by atoms with Crippen LogP contribution in [-0.2, 0) is 0 Å². The molecule has 1 saturated heterocycles. The molecule has 0 unspecified atom stereocenters. The summed E-state index contributed by atoms with van der Waals surface area (Å²) in [6, 6.07) is 5.67. The van der Waals surface area contributed by atoms with E-state index in [4.69, 9.17) is 0 Å². The molecule has 128 valence electrons. The maximum atomic E-state index is 12.2. The first-order chi connectivity index (χ1) is 11.5. The fourth-order valence-electron chi connectivity index (χ4n) is 2.71. The Labute approximate surface area is 146 Å². The zero-order chi connectivity index (χ0) is 17.1. The summed E-state index contributed by atoms with van der Waals surface area (Å²) in [4.78, 5) is 14.4. The van der Waals surface area contributed by atoms with E-state index in [0.29, 0.717) is 5.13 Å². The number of aryl methyl sites for hydroxylation is 2. The number of urea groups is 1. The number of nitrogens with zero attached hydrogens (tertiary/aromatic N) is 3. The summed E-state index contributed by atoms with van der Waals surface area (Å²) in [6.45, 7) is 8.26. The molecule has 1 aromatic carbocycles. The molecule has 24 heavy (non-hydrogen) atoms. The van der Waals surface area contributed by atoms with E-state index in [1.807, 2.05) is 32.0 Å². The second kappa shape index (κ2) is 7.17. The number of amides is 2. The van der Waals surface area contributed by atoms with Gasteiger partial charge in [0.25, 0.3) is 0 Å². The van der Waals surface area contributed by atoms with Crippen LogP contribution in [0, 0.1) is 19.8 Å². The number of benzene rings is 1. The molecule has 0 aliphatic carbocycles. The third kappa shape index (κ3) is 4.03. The maximum absolute atomic E-state index is 12.2. The molecule has 3 rings (SSSR count). The van der Waals surface area contributed by atoms with Crippen molar-refractivity contribution in [1.29, 1.82) is 0 Å². The molecular weight excluding hydrogens is 322 g/mol. The van der Waals surface area contributed by atoms with Gasteiger partial charge >= 0.3 is 6.03 Å². The predicted molar refractivity (Wildman–Crippen MR) is 99.1 cm³/mol. The Morgan fingerprint density at radius 2 is 1.96 bits per heavy atom. The van der Waals surface area contributed by atoms with Crippen LogP contribution in [0.25, 0.3) is 0 Å². The van der Waals surface area contributed by atoms with Crippen LogP contribution < -0.4 is 15.5 Å². The molecule has 0 radical (unpaired) electrons. The Hall–Kier alpha value is -2.15. The van der Waals surface area contributed by atoms with Gasteiger partial charge in [-0.05, 0) is 49.8 Å². The minimum Gasteiger partial charge on any atom is -0.347 e. The molecule has 0 saturated carbocycles. The molecule has 1 aromatic heterocycles. The van der Waals surface area contributed by atoms with Crippen molar-refractivity contribution in [2.75, 3.05) is 28.6 Å². The molecule has 1 aliphatic heterocycles. The van der Waals surface area contributed by atoms with Gasteiger partial charge in [0.15, 0.2) is 0 Å². The zero-order valence-corrected chi connectivity index (χ0v) is 15.1. The summed E-state index contributed by atoms with van der Waals surface area (Å²) < 4.78 is 0. The molecule has 0 atom stereocenters.